The van der Waals surface area contributed by atoms with E-state index in [1.165, 1.54) is 32.1 Å². The van der Waals surface area contributed by atoms with Gasteiger partial charge in [-0.2, -0.15) is 0 Å². The van der Waals surface area contributed by atoms with Crippen molar-refractivity contribution < 1.29 is 4.79 Å². The van der Waals surface area contributed by atoms with Gasteiger partial charge < -0.3 is 4.90 Å². The number of benzene rings is 1. The van der Waals surface area contributed by atoms with E-state index in [0.717, 1.165) is 11.1 Å². The smallest absolute Gasteiger partial charge is 0.273 e. The number of nitrogens with zero attached hydrogens (tertiary/aromatic N) is 2. The molecule has 1 amide bonds. The first-order valence-electron chi connectivity index (χ1n) is 9.02. The lowest BCUT2D eigenvalue weighted by Crippen LogP contribution is -2.38. The van der Waals surface area contributed by atoms with Crippen LogP contribution in [0.4, 0.5) is 0 Å². The van der Waals surface area contributed by atoms with E-state index in [1.807, 2.05) is 0 Å². The second kappa shape index (κ2) is 7.68. The second-order valence-corrected chi connectivity index (χ2v) is 6.99. The fourth-order valence-electron chi connectivity index (χ4n) is 3.59. The number of hydrogen-bond acceptors (Lipinski definition) is 3. The highest BCUT2D eigenvalue weighted by molar-refractivity contribution is 5.81. The monoisotopic (exact) mass is 343 g/mol. The van der Waals surface area contributed by atoms with Crippen LogP contribution in [-0.2, 0) is 11.3 Å². The molecule has 1 N–H and O–H groups in total. The van der Waals surface area contributed by atoms with Gasteiger partial charge in [0, 0.05) is 13.6 Å². The molecule has 0 bridgehead atoms. The highest BCUT2D eigenvalue weighted by atomic mass is 16.2. The molecule has 1 aliphatic rings. The third-order valence-corrected chi connectivity index (χ3v) is 5.20. The number of H-pyrrole nitrogens is 1. The summed E-state index contributed by atoms with van der Waals surface area (Å²) in [4.78, 5) is 38.7. The number of carbonyl (C=O) groups is 1. The molecule has 0 saturated heterocycles. The number of hydrogen-bond donors (Lipinski definition) is 1. The predicted molar refractivity (Wildman–Crippen MR) is 97.7 cm³/mol. The van der Waals surface area contributed by atoms with Crippen LogP contribution >= 0.6 is 0 Å². The van der Waals surface area contributed by atoms with E-state index < -0.39 is 0 Å². The highest BCUT2D eigenvalue weighted by Crippen LogP contribution is 2.26. The minimum absolute atomic E-state index is 0.139. The molecule has 6 heteroatoms. The van der Waals surface area contributed by atoms with Crippen LogP contribution in [0, 0.1) is 5.92 Å². The lowest BCUT2D eigenvalue weighted by Gasteiger charge is -2.24. The number of fused-ring (bicyclic) bond motifs is 1. The Hall–Kier alpha value is -2.37. The summed E-state index contributed by atoms with van der Waals surface area (Å²) in [5, 5.41) is 3.20. The van der Waals surface area contributed by atoms with Gasteiger partial charge in [0.05, 0.1) is 10.8 Å². The molecule has 1 aromatic heterocycles. The van der Waals surface area contributed by atoms with Crippen LogP contribution in [0.1, 0.15) is 38.5 Å². The third-order valence-electron chi connectivity index (χ3n) is 5.20. The standard InChI is InChI=1S/C19H25N3O3/c1-21(12-11-14-7-3-2-4-8-14)17(23)13-22-19(25)16-10-6-5-9-15(16)18(24)20-22/h5-6,9-10,14H,2-4,7-8,11-13H2,1H3,(H,20,24). The summed E-state index contributed by atoms with van der Waals surface area (Å²) in [5.41, 5.74) is -0.697. The van der Waals surface area contributed by atoms with Crippen molar-refractivity contribution in [3.8, 4) is 0 Å². The van der Waals surface area contributed by atoms with Gasteiger partial charge in [-0.3, -0.25) is 19.5 Å². The quantitative estimate of drug-likeness (QED) is 0.903. The van der Waals surface area contributed by atoms with E-state index >= 15 is 0 Å². The molecule has 0 atom stereocenters. The minimum Gasteiger partial charge on any atom is -0.344 e. The molecule has 1 heterocycles. The zero-order chi connectivity index (χ0) is 17.8. The highest BCUT2D eigenvalue weighted by Gasteiger charge is 2.17. The SMILES string of the molecule is CN(CCC1CCCCC1)C(=O)Cn1[nH]c(=O)c2ccccc2c1=O. The summed E-state index contributed by atoms with van der Waals surface area (Å²) in [6.07, 6.45) is 7.40. The summed E-state index contributed by atoms with van der Waals surface area (Å²) in [6.45, 7) is 0.552. The minimum atomic E-state index is -0.354. The number of likely N-dealkylation sites (N-methyl/N-ethyl adjacent to an activating group) is 1. The van der Waals surface area contributed by atoms with Gasteiger partial charge in [0.2, 0.25) is 5.91 Å². The third kappa shape index (κ3) is 4.00. The lowest BCUT2D eigenvalue weighted by atomic mass is 9.87. The van der Waals surface area contributed by atoms with Crippen molar-refractivity contribution in [1.29, 1.82) is 0 Å². The molecular formula is C19H25N3O3. The summed E-state index contributed by atoms with van der Waals surface area (Å²) < 4.78 is 1.12. The first-order valence-corrected chi connectivity index (χ1v) is 9.02. The number of carbonyl (C=O) groups excluding carboxylic acids is 1. The molecule has 0 unspecified atom stereocenters. The van der Waals surface area contributed by atoms with Crippen LogP contribution in [0.15, 0.2) is 33.9 Å². The van der Waals surface area contributed by atoms with Gasteiger partial charge >= 0.3 is 0 Å². The van der Waals surface area contributed by atoms with Crippen LogP contribution in [0.2, 0.25) is 0 Å². The zero-order valence-corrected chi connectivity index (χ0v) is 14.7. The van der Waals surface area contributed by atoms with Crippen molar-refractivity contribution in [3.63, 3.8) is 0 Å². The molecule has 1 fully saturated rings. The van der Waals surface area contributed by atoms with Crippen LogP contribution < -0.4 is 11.1 Å². The van der Waals surface area contributed by atoms with E-state index in [9.17, 15) is 14.4 Å². The number of amides is 1. The Morgan fingerprint density at radius 2 is 1.84 bits per heavy atom. The van der Waals surface area contributed by atoms with Crippen molar-refractivity contribution in [2.24, 2.45) is 5.92 Å². The molecule has 1 aliphatic carbocycles. The van der Waals surface area contributed by atoms with Gasteiger partial charge in [-0.1, -0.05) is 44.2 Å². The molecule has 134 valence electrons. The first kappa shape index (κ1) is 17.5. The van der Waals surface area contributed by atoms with E-state index in [0.29, 0.717) is 23.2 Å². The normalized spacial score (nSPS) is 15.4. The predicted octanol–water partition coefficient (Wildman–Crippen LogP) is 2.12. The topological polar surface area (TPSA) is 75.2 Å². The average molecular weight is 343 g/mol. The number of aromatic amines is 1. The number of rotatable bonds is 5. The van der Waals surface area contributed by atoms with Gasteiger partial charge in [-0.15, -0.1) is 0 Å². The van der Waals surface area contributed by atoms with Crippen molar-refractivity contribution in [2.75, 3.05) is 13.6 Å². The molecule has 0 radical (unpaired) electrons. The maximum absolute atomic E-state index is 12.5. The molecular weight excluding hydrogens is 318 g/mol. The van der Waals surface area contributed by atoms with Gasteiger partial charge in [-0.05, 0) is 24.5 Å². The molecule has 1 aromatic carbocycles. The molecule has 0 aliphatic heterocycles. The Kier molecular flexibility index (Phi) is 5.36. The van der Waals surface area contributed by atoms with Gasteiger partial charge in [-0.25, -0.2) is 4.68 Å². The summed E-state index contributed by atoms with van der Waals surface area (Å²) in [6, 6.07) is 6.65. The Bertz CT molecular complexity index is 862. The molecule has 0 spiro atoms. The first-order chi connectivity index (χ1) is 12.1. The maximum atomic E-state index is 12.5. The average Bonchev–Trinajstić information content (AvgIpc) is 2.64. The van der Waals surface area contributed by atoms with Gasteiger partial charge in [0.1, 0.15) is 6.54 Å². The molecule has 1 saturated carbocycles. The summed E-state index contributed by atoms with van der Waals surface area (Å²) >= 11 is 0. The Morgan fingerprint density at radius 3 is 2.56 bits per heavy atom. The maximum Gasteiger partial charge on any atom is 0.273 e. The van der Waals surface area contributed by atoms with Crippen molar-refractivity contribution in [1.82, 2.24) is 14.7 Å². The Labute approximate surface area is 146 Å². The number of aromatic nitrogens is 2. The van der Waals surface area contributed by atoms with Gasteiger partial charge in [0.25, 0.3) is 11.1 Å². The molecule has 25 heavy (non-hydrogen) atoms. The van der Waals surface area contributed by atoms with Crippen LogP contribution in [0.25, 0.3) is 10.8 Å². The van der Waals surface area contributed by atoms with E-state index in [4.69, 9.17) is 0 Å². The fraction of sp³-hybridized carbons (Fsp3) is 0.526. The van der Waals surface area contributed by atoms with E-state index in [2.05, 4.69) is 5.10 Å². The molecule has 6 nitrogen and oxygen atoms in total. The number of nitrogens with one attached hydrogen (secondary N) is 1. The second-order valence-electron chi connectivity index (χ2n) is 6.99. The Balaban J connectivity index is 1.68. The molecule has 3 rings (SSSR count). The van der Waals surface area contributed by atoms with Crippen LogP contribution in [0.5, 0.6) is 0 Å². The Morgan fingerprint density at radius 1 is 1.16 bits per heavy atom. The van der Waals surface area contributed by atoms with Crippen LogP contribution in [-0.4, -0.2) is 34.2 Å². The summed E-state index contributed by atoms with van der Waals surface area (Å²) in [5.74, 6) is 0.538. The van der Waals surface area contributed by atoms with Gasteiger partial charge in [0.15, 0.2) is 0 Å². The largest absolute Gasteiger partial charge is 0.344 e. The summed E-state index contributed by atoms with van der Waals surface area (Å²) in [7, 11) is 1.76. The van der Waals surface area contributed by atoms with Crippen molar-refractivity contribution >= 4 is 16.7 Å². The molecule has 2 aromatic rings. The van der Waals surface area contributed by atoms with Crippen molar-refractivity contribution in [2.45, 2.75) is 45.1 Å². The zero-order valence-electron chi connectivity index (χ0n) is 14.7. The van der Waals surface area contributed by atoms with E-state index in [-0.39, 0.29) is 23.6 Å². The van der Waals surface area contributed by atoms with E-state index in [1.54, 1.807) is 36.2 Å². The van der Waals surface area contributed by atoms with Crippen molar-refractivity contribution in [3.05, 3.63) is 45.0 Å². The van der Waals surface area contributed by atoms with Crippen LogP contribution in [0.3, 0.4) is 0 Å². The fourth-order valence-corrected chi connectivity index (χ4v) is 3.59. The lowest BCUT2D eigenvalue weighted by molar-refractivity contribution is -0.131.